The quantitative estimate of drug-likeness (QED) is 0.415. The second-order valence-electron chi connectivity index (χ2n) is 9.07. The van der Waals surface area contributed by atoms with Gasteiger partial charge in [0.2, 0.25) is 5.91 Å². The number of likely N-dealkylation sites (N-methyl/N-ethyl adjacent to an activating group) is 1. The van der Waals surface area contributed by atoms with Crippen molar-refractivity contribution in [3.8, 4) is 0 Å². The average molecular weight is 510 g/mol. The van der Waals surface area contributed by atoms with E-state index >= 15 is 0 Å². The number of nitrogens with zero attached hydrogens (tertiary/aromatic N) is 6. The van der Waals surface area contributed by atoms with Crippen LogP contribution in [-0.2, 0) is 4.79 Å². The lowest BCUT2D eigenvalue weighted by molar-refractivity contribution is -0.132. The Hall–Kier alpha value is -3.01. The number of halogens is 1. The number of hydrogen-bond acceptors (Lipinski definition) is 8. The van der Waals surface area contributed by atoms with Crippen LogP contribution in [0.15, 0.2) is 42.0 Å². The zero-order chi connectivity index (χ0) is 24.5. The number of carbonyl (C=O) groups is 1. The fourth-order valence-electron chi connectivity index (χ4n) is 4.45. The minimum absolute atomic E-state index is 0.0627. The van der Waals surface area contributed by atoms with E-state index < -0.39 is 0 Å². The smallest absolute Gasteiger partial charge is 0.236 e. The summed E-state index contributed by atoms with van der Waals surface area (Å²) in [6.07, 6.45) is 1.59. The fraction of sp³-hybridized carbons (Fsp3) is 0.360. The van der Waals surface area contributed by atoms with Crippen LogP contribution in [0.5, 0.6) is 0 Å². The van der Waals surface area contributed by atoms with Crippen LogP contribution in [0.3, 0.4) is 0 Å². The molecule has 4 aromatic rings. The molecule has 1 N–H and O–H groups in total. The molecule has 1 fully saturated rings. The summed E-state index contributed by atoms with van der Waals surface area (Å²) in [5.41, 5.74) is 1.96. The maximum Gasteiger partial charge on any atom is 0.236 e. The van der Waals surface area contributed by atoms with Crippen molar-refractivity contribution in [1.82, 2.24) is 24.8 Å². The van der Waals surface area contributed by atoms with Crippen molar-refractivity contribution in [2.45, 2.75) is 13.0 Å². The predicted molar refractivity (Wildman–Crippen MR) is 144 cm³/mol. The van der Waals surface area contributed by atoms with Gasteiger partial charge in [-0.1, -0.05) is 11.6 Å². The Kier molecular flexibility index (Phi) is 6.73. The minimum Gasteiger partial charge on any atom is -0.363 e. The fourth-order valence-corrected chi connectivity index (χ4v) is 5.36. The number of thiophene rings is 1. The molecule has 1 aliphatic heterocycles. The van der Waals surface area contributed by atoms with Gasteiger partial charge in [-0.2, -0.15) is 0 Å². The lowest BCUT2D eigenvalue weighted by atomic mass is 10.0. The topological polar surface area (TPSA) is 77.5 Å². The second kappa shape index (κ2) is 9.93. The van der Waals surface area contributed by atoms with Gasteiger partial charge < -0.3 is 20.0 Å². The van der Waals surface area contributed by atoms with E-state index in [0.717, 1.165) is 51.4 Å². The highest BCUT2D eigenvalue weighted by Gasteiger charge is 2.26. The van der Waals surface area contributed by atoms with E-state index in [1.807, 2.05) is 53.5 Å². The molecule has 0 radical (unpaired) electrons. The van der Waals surface area contributed by atoms with Crippen LogP contribution in [0.2, 0.25) is 5.02 Å². The third-order valence-corrected chi connectivity index (χ3v) is 7.31. The summed E-state index contributed by atoms with van der Waals surface area (Å²) < 4.78 is 0. The van der Waals surface area contributed by atoms with E-state index in [4.69, 9.17) is 16.6 Å². The van der Waals surface area contributed by atoms with Gasteiger partial charge in [0.15, 0.2) is 0 Å². The van der Waals surface area contributed by atoms with Crippen molar-refractivity contribution < 1.29 is 4.79 Å². The molecule has 8 nitrogen and oxygen atoms in total. The number of anilines is 2. The highest BCUT2D eigenvalue weighted by Crippen LogP contribution is 2.33. The van der Waals surface area contributed by atoms with E-state index in [1.54, 1.807) is 17.7 Å². The van der Waals surface area contributed by atoms with E-state index in [9.17, 15) is 4.79 Å². The molecule has 0 unspecified atom stereocenters. The molecule has 5 rings (SSSR count). The third-order valence-electron chi connectivity index (χ3n) is 6.25. The predicted octanol–water partition coefficient (Wildman–Crippen LogP) is 4.28. The molecule has 1 saturated heterocycles. The van der Waals surface area contributed by atoms with E-state index in [2.05, 4.69) is 33.2 Å². The van der Waals surface area contributed by atoms with Crippen molar-refractivity contribution >= 4 is 61.6 Å². The number of hydrogen-bond donors (Lipinski definition) is 1. The summed E-state index contributed by atoms with van der Waals surface area (Å²) in [4.78, 5) is 33.5. The summed E-state index contributed by atoms with van der Waals surface area (Å²) in [6, 6.07) is 9.92. The minimum atomic E-state index is -0.0627. The van der Waals surface area contributed by atoms with Gasteiger partial charge in [0.05, 0.1) is 23.5 Å². The molecule has 1 aromatic carbocycles. The lowest BCUT2D eigenvalue weighted by Gasteiger charge is -2.37. The molecule has 0 bridgehead atoms. The number of aromatic nitrogens is 3. The van der Waals surface area contributed by atoms with Crippen molar-refractivity contribution in [2.75, 3.05) is 57.0 Å². The Morgan fingerprint density at radius 1 is 1.17 bits per heavy atom. The third kappa shape index (κ3) is 5.03. The Bertz CT molecular complexity index is 1370. The lowest BCUT2D eigenvalue weighted by Crippen LogP contribution is -2.51. The number of rotatable bonds is 6. The van der Waals surface area contributed by atoms with Crippen LogP contribution in [0.25, 0.3) is 21.1 Å². The van der Waals surface area contributed by atoms with Crippen molar-refractivity contribution in [3.63, 3.8) is 0 Å². The van der Waals surface area contributed by atoms with E-state index in [0.29, 0.717) is 24.7 Å². The van der Waals surface area contributed by atoms with Gasteiger partial charge in [0.1, 0.15) is 22.8 Å². The number of benzene rings is 1. The Morgan fingerprint density at radius 2 is 1.97 bits per heavy atom. The highest BCUT2D eigenvalue weighted by molar-refractivity contribution is 7.16. The van der Waals surface area contributed by atoms with Crippen LogP contribution in [0.1, 0.15) is 18.5 Å². The molecule has 10 heteroatoms. The van der Waals surface area contributed by atoms with Gasteiger partial charge in [-0.3, -0.25) is 4.79 Å². The summed E-state index contributed by atoms with van der Waals surface area (Å²) in [6.45, 7) is 5.36. The SMILES string of the molecule is C[C@H](Nc1ncnc2sccc12)c1cc2cc(Cl)ccc2nc1N1CCN(C(=O)CN(C)C)CC1. The van der Waals surface area contributed by atoms with Crippen LogP contribution in [-0.4, -0.2) is 77.5 Å². The van der Waals surface area contributed by atoms with Gasteiger partial charge in [-0.15, -0.1) is 11.3 Å². The van der Waals surface area contributed by atoms with Gasteiger partial charge >= 0.3 is 0 Å². The first-order valence-electron chi connectivity index (χ1n) is 11.6. The molecule has 0 aliphatic carbocycles. The summed E-state index contributed by atoms with van der Waals surface area (Å²) >= 11 is 7.89. The zero-order valence-corrected chi connectivity index (χ0v) is 21.6. The van der Waals surface area contributed by atoms with Crippen LogP contribution in [0, 0.1) is 0 Å². The first kappa shape index (κ1) is 23.7. The monoisotopic (exact) mass is 509 g/mol. The molecule has 1 amide bonds. The maximum atomic E-state index is 12.5. The number of fused-ring (bicyclic) bond motifs is 2. The largest absolute Gasteiger partial charge is 0.363 e. The molecule has 35 heavy (non-hydrogen) atoms. The maximum absolute atomic E-state index is 12.5. The number of nitrogens with one attached hydrogen (secondary N) is 1. The van der Waals surface area contributed by atoms with Gasteiger partial charge in [0.25, 0.3) is 0 Å². The molecular weight excluding hydrogens is 482 g/mol. The first-order valence-corrected chi connectivity index (χ1v) is 12.9. The summed E-state index contributed by atoms with van der Waals surface area (Å²) in [5.74, 6) is 1.89. The molecule has 182 valence electrons. The molecule has 4 heterocycles. The van der Waals surface area contributed by atoms with Crippen molar-refractivity contribution in [2.24, 2.45) is 0 Å². The molecule has 3 aromatic heterocycles. The number of carbonyl (C=O) groups excluding carboxylic acids is 1. The Labute approximate surface area is 213 Å². The standard InChI is InChI=1S/C25H28ClN7OS/c1-16(29-23-19-6-11-35-25(19)28-15-27-23)20-13-17-12-18(26)4-5-21(17)30-24(20)33-9-7-32(8-10-33)22(34)14-31(2)3/h4-6,11-13,15-16H,7-10,14H2,1-3H3,(H,27,28,29)/t16-/m0/s1. The first-order chi connectivity index (χ1) is 16.9. The second-order valence-corrected chi connectivity index (χ2v) is 10.4. The Morgan fingerprint density at radius 3 is 2.74 bits per heavy atom. The van der Waals surface area contributed by atoms with Gasteiger partial charge in [-0.25, -0.2) is 15.0 Å². The molecular formula is C25H28ClN7OS. The molecule has 1 aliphatic rings. The number of amides is 1. The van der Waals surface area contributed by atoms with Crippen molar-refractivity contribution in [3.05, 3.63) is 52.6 Å². The van der Waals surface area contributed by atoms with Crippen molar-refractivity contribution in [1.29, 1.82) is 0 Å². The van der Waals surface area contributed by atoms with Crippen LogP contribution in [0.4, 0.5) is 11.6 Å². The summed E-state index contributed by atoms with van der Waals surface area (Å²) in [7, 11) is 3.84. The van der Waals surface area contributed by atoms with Crippen LogP contribution >= 0.6 is 22.9 Å². The molecule has 0 saturated carbocycles. The molecule has 0 spiro atoms. The number of pyridine rings is 1. The van der Waals surface area contributed by atoms with E-state index in [-0.39, 0.29) is 11.9 Å². The average Bonchev–Trinajstić information content (AvgIpc) is 3.33. The van der Waals surface area contributed by atoms with Gasteiger partial charge in [-0.05, 0) is 56.7 Å². The molecule has 1 atom stereocenters. The van der Waals surface area contributed by atoms with Gasteiger partial charge in [0, 0.05) is 42.2 Å². The van der Waals surface area contributed by atoms with E-state index in [1.165, 1.54) is 0 Å². The number of piperazine rings is 1. The Balaban J connectivity index is 1.46. The van der Waals surface area contributed by atoms with Crippen LogP contribution < -0.4 is 10.2 Å². The normalized spacial score (nSPS) is 15.2. The highest BCUT2D eigenvalue weighted by atomic mass is 35.5. The zero-order valence-electron chi connectivity index (χ0n) is 20.0. The summed E-state index contributed by atoms with van der Waals surface area (Å²) in [5, 5.41) is 8.29.